The largest absolute Gasteiger partial charge is 0.483 e. The van der Waals surface area contributed by atoms with Crippen LogP contribution < -0.4 is 10.1 Å². The Balaban J connectivity index is 1.77. The van der Waals surface area contributed by atoms with Crippen LogP contribution in [-0.2, 0) is 16.1 Å². The van der Waals surface area contributed by atoms with Gasteiger partial charge in [-0.15, -0.1) is 0 Å². The molecule has 3 rings (SSSR count). The molecule has 5 nitrogen and oxygen atoms in total. The van der Waals surface area contributed by atoms with Gasteiger partial charge in [0.15, 0.2) is 6.61 Å². The normalized spacial score (nSPS) is 11.7. The molecular weight excluding hydrogens is 456 g/mol. The first-order valence-corrected chi connectivity index (χ1v) is 11.2. The van der Waals surface area contributed by atoms with Gasteiger partial charge in [0.25, 0.3) is 5.91 Å². The van der Waals surface area contributed by atoms with Gasteiger partial charge in [0.2, 0.25) is 5.91 Å². The molecule has 0 aromatic heterocycles. The van der Waals surface area contributed by atoms with E-state index < -0.39 is 6.04 Å². The molecule has 162 valence electrons. The van der Waals surface area contributed by atoms with Crippen molar-refractivity contribution in [1.82, 2.24) is 10.2 Å². The minimum absolute atomic E-state index is 0.143. The van der Waals surface area contributed by atoms with Gasteiger partial charge in [-0.05, 0) is 42.5 Å². The van der Waals surface area contributed by atoms with Gasteiger partial charge in [-0.25, -0.2) is 0 Å². The molecule has 0 unspecified atom stereocenters. The van der Waals surface area contributed by atoms with Gasteiger partial charge in [-0.2, -0.15) is 0 Å². The molecule has 0 spiro atoms. The number of amides is 2. The average Bonchev–Trinajstić information content (AvgIpc) is 2.80. The van der Waals surface area contributed by atoms with E-state index in [0.717, 1.165) is 27.2 Å². The molecule has 0 saturated heterocycles. The SMILES string of the molecule is CCCNC(=O)[C@H](C)N(Cc1ccc(Br)cc1)C(=O)COc1cccc2ccccc12. The topological polar surface area (TPSA) is 58.6 Å². The molecule has 0 saturated carbocycles. The zero-order valence-electron chi connectivity index (χ0n) is 17.8. The summed E-state index contributed by atoms with van der Waals surface area (Å²) in [4.78, 5) is 27.3. The maximum Gasteiger partial charge on any atom is 0.261 e. The van der Waals surface area contributed by atoms with Crippen molar-refractivity contribution in [2.75, 3.05) is 13.2 Å². The highest BCUT2D eigenvalue weighted by atomic mass is 79.9. The maximum atomic E-state index is 13.2. The lowest BCUT2D eigenvalue weighted by molar-refractivity contribution is -0.142. The summed E-state index contributed by atoms with van der Waals surface area (Å²) in [6, 6.07) is 20.7. The number of halogens is 1. The minimum Gasteiger partial charge on any atom is -0.483 e. The molecule has 0 aliphatic carbocycles. The fourth-order valence-corrected chi connectivity index (χ4v) is 3.57. The van der Waals surface area contributed by atoms with Gasteiger partial charge in [0.05, 0.1) is 0 Å². The van der Waals surface area contributed by atoms with Crippen LogP contribution in [0.25, 0.3) is 10.8 Å². The number of nitrogens with zero attached hydrogens (tertiary/aromatic N) is 1. The van der Waals surface area contributed by atoms with Crippen molar-refractivity contribution >= 4 is 38.5 Å². The van der Waals surface area contributed by atoms with Crippen LogP contribution in [0.3, 0.4) is 0 Å². The monoisotopic (exact) mass is 482 g/mol. The van der Waals surface area contributed by atoms with E-state index in [1.54, 1.807) is 11.8 Å². The van der Waals surface area contributed by atoms with E-state index in [1.165, 1.54) is 0 Å². The third kappa shape index (κ3) is 6.07. The Hall–Kier alpha value is -2.86. The fourth-order valence-electron chi connectivity index (χ4n) is 3.31. The second kappa shape index (κ2) is 11.0. The van der Waals surface area contributed by atoms with E-state index in [1.807, 2.05) is 73.7 Å². The van der Waals surface area contributed by atoms with E-state index >= 15 is 0 Å². The first-order chi connectivity index (χ1) is 15.0. The van der Waals surface area contributed by atoms with Crippen LogP contribution >= 0.6 is 15.9 Å². The second-order valence-electron chi connectivity index (χ2n) is 7.38. The summed E-state index contributed by atoms with van der Waals surface area (Å²) in [5, 5.41) is 4.88. The minimum atomic E-state index is -0.612. The standard InChI is InChI=1S/C25H27BrN2O3/c1-3-15-27-25(30)18(2)28(16-19-11-13-21(26)14-12-19)24(29)17-31-23-10-6-8-20-7-4-5-9-22(20)23/h4-14,18H,3,15-17H2,1-2H3,(H,27,30)/t18-/m0/s1. The van der Waals surface area contributed by atoms with Gasteiger partial charge in [-0.3, -0.25) is 9.59 Å². The third-order valence-electron chi connectivity index (χ3n) is 5.08. The van der Waals surface area contributed by atoms with E-state index in [9.17, 15) is 9.59 Å². The number of hydrogen-bond acceptors (Lipinski definition) is 3. The number of ether oxygens (including phenoxy) is 1. The number of fused-ring (bicyclic) bond motifs is 1. The van der Waals surface area contributed by atoms with Gasteiger partial charge in [0.1, 0.15) is 11.8 Å². The molecule has 31 heavy (non-hydrogen) atoms. The molecule has 0 aliphatic heterocycles. The van der Waals surface area contributed by atoms with Crippen molar-refractivity contribution in [3.05, 3.63) is 76.8 Å². The van der Waals surface area contributed by atoms with Gasteiger partial charge < -0.3 is 15.0 Å². The third-order valence-corrected chi connectivity index (χ3v) is 5.61. The van der Waals surface area contributed by atoms with Gasteiger partial charge >= 0.3 is 0 Å². The Morgan fingerprint density at radius 1 is 1.03 bits per heavy atom. The summed E-state index contributed by atoms with van der Waals surface area (Å²) < 4.78 is 6.86. The maximum absolute atomic E-state index is 13.2. The Kier molecular flexibility index (Phi) is 8.06. The van der Waals surface area contributed by atoms with Crippen molar-refractivity contribution in [1.29, 1.82) is 0 Å². The first-order valence-electron chi connectivity index (χ1n) is 10.4. The summed E-state index contributed by atoms with van der Waals surface area (Å²) in [5.74, 6) is 0.241. The molecule has 0 aliphatic rings. The van der Waals surface area contributed by atoms with Crippen molar-refractivity contribution in [2.24, 2.45) is 0 Å². The zero-order valence-corrected chi connectivity index (χ0v) is 19.4. The first kappa shape index (κ1) is 22.8. The predicted octanol–water partition coefficient (Wildman–Crippen LogP) is 4.92. The summed E-state index contributed by atoms with van der Waals surface area (Å²) >= 11 is 3.43. The van der Waals surface area contributed by atoms with E-state index in [2.05, 4.69) is 21.2 Å². The molecule has 0 fully saturated rings. The Morgan fingerprint density at radius 3 is 2.48 bits per heavy atom. The van der Waals surface area contributed by atoms with Crippen LogP contribution in [0.15, 0.2) is 71.2 Å². The van der Waals surface area contributed by atoms with Crippen LogP contribution in [0.1, 0.15) is 25.8 Å². The summed E-state index contributed by atoms with van der Waals surface area (Å²) in [6.07, 6.45) is 0.837. The van der Waals surface area contributed by atoms with Gasteiger partial charge in [-0.1, -0.05) is 71.4 Å². The number of carbonyl (C=O) groups is 2. The average molecular weight is 483 g/mol. The van der Waals surface area contributed by atoms with Crippen LogP contribution in [0.4, 0.5) is 0 Å². The highest BCUT2D eigenvalue weighted by Gasteiger charge is 2.26. The van der Waals surface area contributed by atoms with Crippen LogP contribution in [0.2, 0.25) is 0 Å². The molecule has 1 N–H and O–H groups in total. The summed E-state index contributed by atoms with van der Waals surface area (Å²) in [7, 11) is 0. The quantitative estimate of drug-likeness (QED) is 0.470. The smallest absolute Gasteiger partial charge is 0.261 e. The zero-order chi connectivity index (χ0) is 22.2. The number of nitrogens with one attached hydrogen (secondary N) is 1. The summed E-state index contributed by atoms with van der Waals surface area (Å²) in [6.45, 7) is 4.50. The Morgan fingerprint density at radius 2 is 1.74 bits per heavy atom. The van der Waals surface area contributed by atoms with Gasteiger partial charge in [0, 0.05) is 22.9 Å². The summed E-state index contributed by atoms with van der Waals surface area (Å²) in [5.41, 5.74) is 0.942. The highest BCUT2D eigenvalue weighted by Crippen LogP contribution is 2.25. The van der Waals surface area contributed by atoms with Crippen molar-refractivity contribution < 1.29 is 14.3 Å². The number of benzene rings is 3. The van der Waals surface area contributed by atoms with Crippen molar-refractivity contribution in [2.45, 2.75) is 32.9 Å². The number of hydrogen-bond donors (Lipinski definition) is 1. The second-order valence-corrected chi connectivity index (χ2v) is 8.30. The molecular formula is C25H27BrN2O3. The molecule has 0 heterocycles. The molecule has 0 bridgehead atoms. The van der Waals surface area contributed by atoms with E-state index in [0.29, 0.717) is 18.8 Å². The number of carbonyl (C=O) groups excluding carboxylic acids is 2. The Labute approximate surface area is 191 Å². The van der Waals surface area contributed by atoms with Crippen molar-refractivity contribution in [3.63, 3.8) is 0 Å². The lowest BCUT2D eigenvalue weighted by Gasteiger charge is -2.29. The lowest BCUT2D eigenvalue weighted by Crippen LogP contribution is -2.49. The predicted molar refractivity (Wildman–Crippen MR) is 127 cm³/mol. The van der Waals surface area contributed by atoms with E-state index in [-0.39, 0.29) is 18.4 Å². The van der Waals surface area contributed by atoms with Crippen LogP contribution in [-0.4, -0.2) is 35.9 Å². The van der Waals surface area contributed by atoms with Crippen LogP contribution in [0, 0.1) is 0 Å². The molecule has 0 radical (unpaired) electrons. The Bertz CT molecular complexity index is 1030. The van der Waals surface area contributed by atoms with E-state index in [4.69, 9.17) is 4.74 Å². The van der Waals surface area contributed by atoms with Crippen molar-refractivity contribution in [3.8, 4) is 5.75 Å². The molecule has 3 aromatic carbocycles. The highest BCUT2D eigenvalue weighted by molar-refractivity contribution is 9.10. The molecule has 3 aromatic rings. The fraction of sp³-hybridized carbons (Fsp3) is 0.280. The van der Waals surface area contributed by atoms with Crippen LogP contribution in [0.5, 0.6) is 5.75 Å². The molecule has 2 amide bonds. The lowest BCUT2D eigenvalue weighted by atomic mass is 10.1. The number of rotatable bonds is 9. The molecule has 1 atom stereocenters. The molecule has 6 heteroatoms.